The maximum atomic E-state index is 12.8. The predicted octanol–water partition coefficient (Wildman–Crippen LogP) is 18.0. The van der Waals surface area contributed by atoms with Gasteiger partial charge in [0, 0.05) is 19.4 Å². The molecule has 64 heavy (non-hydrogen) atoms. The molecular formula is C59H98O5. The number of carbonyl (C=O) groups excluding carboxylic acids is 2. The monoisotopic (exact) mass is 887 g/mol. The van der Waals surface area contributed by atoms with E-state index in [1.54, 1.807) is 0 Å². The number of carbonyl (C=O) groups is 2. The van der Waals surface area contributed by atoms with Gasteiger partial charge in [-0.1, -0.05) is 201 Å². The molecule has 0 spiro atoms. The molecule has 0 amide bonds. The minimum absolute atomic E-state index is 0.0533. The van der Waals surface area contributed by atoms with Gasteiger partial charge in [0.2, 0.25) is 0 Å². The molecule has 0 aliphatic rings. The van der Waals surface area contributed by atoms with Crippen LogP contribution >= 0.6 is 0 Å². The van der Waals surface area contributed by atoms with Crippen molar-refractivity contribution in [2.75, 3.05) is 19.8 Å². The highest BCUT2D eigenvalue weighted by Crippen LogP contribution is 2.13. The molecule has 0 aliphatic heterocycles. The Labute approximate surface area is 395 Å². The van der Waals surface area contributed by atoms with E-state index in [1.165, 1.54) is 70.6 Å². The van der Waals surface area contributed by atoms with Crippen molar-refractivity contribution in [3.63, 3.8) is 0 Å². The van der Waals surface area contributed by atoms with Gasteiger partial charge in [0.1, 0.15) is 6.61 Å². The number of hydrogen-bond donors (Lipinski definition) is 0. The first-order chi connectivity index (χ1) is 31.6. The first kappa shape index (κ1) is 60.6. The van der Waals surface area contributed by atoms with Crippen LogP contribution in [0.4, 0.5) is 0 Å². The van der Waals surface area contributed by atoms with E-state index in [1.807, 2.05) is 0 Å². The first-order valence-corrected chi connectivity index (χ1v) is 26.4. The quantitative estimate of drug-likeness (QED) is 0.0346. The topological polar surface area (TPSA) is 61.8 Å². The largest absolute Gasteiger partial charge is 0.462 e. The molecule has 364 valence electrons. The Morgan fingerprint density at radius 3 is 1.16 bits per heavy atom. The zero-order valence-corrected chi connectivity index (χ0v) is 41.8. The van der Waals surface area contributed by atoms with Crippen LogP contribution in [0.3, 0.4) is 0 Å². The smallest absolute Gasteiger partial charge is 0.306 e. The highest BCUT2D eigenvalue weighted by molar-refractivity contribution is 5.70. The van der Waals surface area contributed by atoms with E-state index in [0.717, 1.165) is 122 Å². The zero-order valence-electron chi connectivity index (χ0n) is 41.8. The fraction of sp³-hybridized carbons (Fsp3) is 0.661. The molecule has 0 radical (unpaired) electrons. The van der Waals surface area contributed by atoms with E-state index in [0.29, 0.717) is 19.4 Å². The number of hydrogen-bond acceptors (Lipinski definition) is 5. The summed E-state index contributed by atoms with van der Waals surface area (Å²) in [5, 5.41) is 0. The lowest BCUT2D eigenvalue weighted by Crippen LogP contribution is -2.30. The van der Waals surface area contributed by atoms with Crippen molar-refractivity contribution in [1.29, 1.82) is 0 Å². The second-order valence-electron chi connectivity index (χ2n) is 17.0. The van der Waals surface area contributed by atoms with E-state index in [9.17, 15) is 9.59 Å². The van der Waals surface area contributed by atoms with Gasteiger partial charge in [-0.25, -0.2) is 0 Å². The average Bonchev–Trinajstić information content (AvgIpc) is 3.30. The van der Waals surface area contributed by atoms with E-state index in [-0.39, 0.29) is 25.2 Å². The molecular weight excluding hydrogens is 789 g/mol. The molecule has 0 bridgehead atoms. The van der Waals surface area contributed by atoms with E-state index >= 15 is 0 Å². The zero-order chi connectivity index (χ0) is 46.3. The standard InChI is InChI=1S/C59H98O5/c1-4-7-10-13-16-19-22-25-27-29-30-31-32-35-37-40-43-46-49-52-58(60)63-56-57(64-59(61)53-50-47-44-41-38-34-24-21-18-15-12-9-6-3)55-62-54-51-48-45-42-39-36-33-28-26-23-20-17-14-11-8-5-2/h7-8,10-11,16-17,19-21,24-28,30-31,35,37,57H,4-6,9,12-15,18,22-23,29,32-34,36,38-56H2,1-3H3/b10-7-,11-8-,19-16-,20-17-,24-21-,27-25-,28-26-,31-30-,37-35-. The van der Waals surface area contributed by atoms with Crippen molar-refractivity contribution in [3.05, 3.63) is 109 Å². The van der Waals surface area contributed by atoms with Crippen LogP contribution in [-0.4, -0.2) is 37.9 Å². The molecule has 0 saturated carbocycles. The summed E-state index contributed by atoms with van der Waals surface area (Å²) in [6.45, 7) is 7.51. The van der Waals surface area contributed by atoms with Crippen molar-refractivity contribution < 1.29 is 23.8 Å². The van der Waals surface area contributed by atoms with Crippen molar-refractivity contribution in [3.8, 4) is 0 Å². The van der Waals surface area contributed by atoms with Gasteiger partial charge in [0.25, 0.3) is 0 Å². The third-order valence-electron chi connectivity index (χ3n) is 10.8. The van der Waals surface area contributed by atoms with Crippen molar-refractivity contribution in [2.45, 2.75) is 232 Å². The van der Waals surface area contributed by atoms with Crippen molar-refractivity contribution in [1.82, 2.24) is 0 Å². The van der Waals surface area contributed by atoms with Gasteiger partial charge in [-0.3, -0.25) is 9.59 Å². The van der Waals surface area contributed by atoms with Crippen LogP contribution < -0.4 is 0 Å². The number of ether oxygens (including phenoxy) is 3. The molecule has 1 atom stereocenters. The molecule has 0 aromatic rings. The summed E-state index contributed by atoms with van der Waals surface area (Å²) in [6.07, 6.45) is 73.8. The average molecular weight is 887 g/mol. The van der Waals surface area contributed by atoms with Gasteiger partial charge >= 0.3 is 11.9 Å². The van der Waals surface area contributed by atoms with Crippen LogP contribution in [0.5, 0.6) is 0 Å². The number of esters is 2. The number of unbranched alkanes of at least 4 members (excludes halogenated alkanes) is 18. The Bertz CT molecular complexity index is 1280. The molecule has 0 saturated heterocycles. The van der Waals surface area contributed by atoms with E-state index in [2.05, 4.69) is 130 Å². The van der Waals surface area contributed by atoms with E-state index < -0.39 is 6.10 Å². The third-order valence-corrected chi connectivity index (χ3v) is 10.8. The van der Waals surface area contributed by atoms with Gasteiger partial charge in [0.15, 0.2) is 6.10 Å². The Balaban J connectivity index is 4.37. The molecule has 0 rings (SSSR count). The summed E-state index contributed by atoms with van der Waals surface area (Å²) >= 11 is 0. The maximum absolute atomic E-state index is 12.8. The molecule has 0 heterocycles. The molecule has 0 N–H and O–H groups in total. The van der Waals surface area contributed by atoms with Crippen LogP contribution in [0.25, 0.3) is 0 Å². The van der Waals surface area contributed by atoms with Gasteiger partial charge in [0.05, 0.1) is 6.61 Å². The van der Waals surface area contributed by atoms with Gasteiger partial charge < -0.3 is 14.2 Å². The Morgan fingerprint density at radius 2 is 0.703 bits per heavy atom. The lowest BCUT2D eigenvalue weighted by atomic mass is 10.1. The summed E-state index contributed by atoms with van der Waals surface area (Å²) in [4.78, 5) is 25.4. The van der Waals surface area contributed by atoms with Crippen LogP contribution in [0.15, 0.2) is 109 Å². The molecule has 5 nitrogen and oxygen atoms in total. The van der Waals surface area contributed by atoms with Crippen LogP contribution in [0.2, 0.25) is 0 Å². The molecule has 0 aliphatic carbocycles. The Morgan fingerprint density at radius 1 is 0.359 bits per heavy atom. The lowest BCUT2D eigenvalue weighted by Gasteiger charge is -2.18. The first-order valence-electron chi connectivity index (χ1n) is 26.4. The third kappa shape index (κ3) is 51.2. The summed E-state index contributed by atoms with van der Waals surface area (Å²) in [7, 11) is 0. The summed E-state index contributed by atoms with van der Waals surface area (Å²) in [6, 6.07) is 0. The highest BCUT2D eigenvalue weighted by Gasteiger charge is 2.17. The molecule has 1 unspecified atom stereocenters. The molecule has 0 aromatic carbocycles. The van der Waals surface area contributed by atoms with Crippen molar-refractivity contribution in [2.24, 2.45) is 0 Å². The Kier molecular flexibility index (Phi) is 51.0. The van der Waals surface area contributed by atoms with Crippen LogP contribution in [-0.2, 0) is 23.8 Å². The van der Waals surface area contributed by atoms with Crippen molar-refractivity contribution >= 4 is 11.9 Å². The second-order valence-corrected chi connectivity index (χ2v) is 17.0. The van der Waals surface area contributed by atoms with Gasteiger partial charge in [-0.15, -0.1) is 0 Å². The lowest BCUT2D eigenvalue weighted by molar-refractivity contribution is -0.163. The SMILES string of the molecule is CC/C=C\C/C=C\C/C=C\C/C=C\C/C=C\CCCCCC(=O)OCC(COCCCCCCCC/C=C\C/C=C\C/C=C\CC)OC(=O)CCCCCCC/C=C\CCCCCC. The van der Waals surface area contributed by atoms with Crippen LogP contribution in [0.1, 0.15) is 226 Å². The van der Waals surface area contributed by atoms with Gasteiger partial charge in [-0.05, 0) is 122 Å². The normalized spacial score (nSPS) is 13.1. The molecule has 0 fully saturated rings. The number of allylic oxidation sites excluding steroid dienone is 18. The summed E-state index contributed by atoms with van der Waals surface area (Å²) in [5.74, 6) is -0.457. The number of rotatable bonds is 47. The fourth-order valence-electron chi connectivity index (χ4n) is 6.90. The minimum atomic E-state index is -0.568. The fourth-order valence-corrected chi connectivity index (χ4v) is 6.90. The summed E-state index contributed by atoms with van der Waals surface area (Å²) in [5.41, 5.74) is 0. The summed E-state index contributed by atoms with van der Waals surface area (Å²) < 4.78 is 17.4. The second kappa shape index (κ2) is 53.9. The van der Waals surface area contributed by atoms with Gasteiger partial charge in [-0.2, -0.15) is 0 Å². The highest BCUT2D eigenvalue weighted by atomic mass is 16.6. The predicted molar refractivity (Wildman–Crippen MR) is 279 cm³/mol. The minimum Gasteiger partial charge on any atom is -0.462 e. The maximum Gasteiger partial charge on any atom is 0.306 e. The molecule has 0 aromatic heterocycles. The van der Waals surface area contributed by atoms with E-state index in [4.69, 9.17) is 14.2 Å². The Hall–Kier alpha value is -3.44. The molecule has 5 heteroatoms. The van der Waals surface area contributed by atoms with Crippen LogP contribution in [0, 0.1) is 0 Å².